The SMILES string of the molecule is Cc1ccc(C)c(C(=S)N[C@H](NC(=O)c2ccccc2I)C(Cl)(Cl)Cl)c1. The van der Waals surface area contributed by atoms with Gasteiger partial charge in [-0.15, -0.1) is 0 Å². The van der Waals surface area contributed by atoms with Gasteiger partial charge in [-0.1, -0.05) is 76.8 Å². The number of halogens is 4. The minimum atomic E-state index is -1.79. The number of rotatable bonds is 4. The van der Waals surface area contributed by atoms with Crippen molar-refractivity contribution in [3.63, 3.8) is 0 Å². The quantitative estimate of drug-likeness (QED) is 0.239. The lowest BCUT2D eigenvalue weighted by Gasteiger charge is -2.28. The molecule has 2 N–H and O–H groups in total. The van der Waals surface area contributed by atoms with Gasteiger partial charge in [-0.05, 0) is 60.2 Å². The average Bonchev–Trinajstić information content (AvgIpc) is 2.55. The normalized spacial score (nSPS) is 12.4. The molecule has 0 unspecified atom stereocenters. The van der Waals surface area contributed by atoms with E-state index in [4.69, 9.17) is 47.0 Å². The van der Waals surface area contributed by atoms with Crippen molar-refractivity contribution in [3.8, 4) is 0 Å². The van der Waals surface area contributed by atoms with Crippen LogP contribution in [0.5, 0.6) is 0 Å². The number of alkyl halides is 3. The molecular weight excluding hydrogens is 526 g/mol. The lowest BCUT2D eigenvalue weighted by Crippen LogP contribution is -2.55. The van der Waals surface area contributed by atoms with Crippen molar-refractivity contribution < 1.29 is 4.79 Å². The Hall–Kier alpha value is -0.600. The van der Waals surface area contributed by atoms with Crippen LogP contribution in [0.25, 0.3) is 0 Å². The van der Waals surface area contributed by atoms with Crippen LogP contribution in [0.3, 0.4) is 0 Å². The van der Waals surface area contributed by atoms with E-state index < -0.39 is 9.96 Å². The molecule has 0 saturated heterocycles. The van der Waals surface area contributed by atoms with Crippen LogP contribution in [0.4, 0.5) is 0 Å². The largest absolute Gasteiger partial charge is 0.352 e. The van der Waals surface area contributed by atoms with Crippen molar-refractivity contribution in [1.82, 2.24) is 10.6 Å². The van der Waals surface area contributed by atoms with Crippen molar-refractivity contribution in [2.45, 2.75) is 23.8 Å². The standard InChI is InChI=1S/C18H16Cl3IN2OS/c1-10-7-8-11(2)13(9-10)16(26)24-17(18(19,20)21)23-15(25)12-5-3-4-6-14(12)22/h3-9,17H,1-2H3,(H,23,25)(H,24,26)/t17-/m0/s1. The van der Waals surface area contributed by atoms with Crippen LogP contribution in [-0.4, -0.2) is 20.9 Å². The summed E-state index contributed by atoms with van der Waals surface area (Å²) in [5.41, 5.74) is 3.36. The van der Waals surface area contributed by atoms with Crippen LogP contribution in [0.1, 0.15) is 27.0 Å². The lowest BCUT2D eigenvalue weighted by atomic mass is 10.1. The summed E-state index contributed by atoms with van der Waals surface area (Å²) in [5, 5.41) is 5.67. The van der Waals surface area contributed by atoms with Crippen molar-refractivity contribution in [1.29, 1.82) is 0 Å². The molecule has 2 rings (SSSR count). The summed E-state index contributed by atoms with van der Waals surface area (Å²) < 4.78 is -1.000. The molecule has 0 heterocycles. The predicted molar refractivity (Wildman–Crippen MR) is 121 cm³/mol. The van der Waals surface area contributed by atoms with Gasteiger partial charge in [-0.2, -0.15) is 0 Å². The number of carbonyl (C=O) groups excluding carboxylic acids is 1. The predicted octanol–water partition coefficient (Wildman–Crippen LogP) is 5.30. The molecule has 0 aliphatic rings. The fraction of sp³-hybridized carbons (Fsp3) is 0.222. The first-order chi connectivity index (χ1) is 12.1. The van der Waals surface area contributed by atoms with Crippen LogP contribution in [0.2, 0.25) is 0 Å². The number of nitrogens with one attached hydrogen (secondary N) is 2. The zero-order chi connectivity index (χ0) is 19.5. The third-order valence-electron chi connectivity index (χ3n) is 3.63. The molecule has 0 aromatic heterocycles. The fourth-order valence-corrected chi connectivity index (χ4v) is 3.54. The number of hydrogen-bond acceptors (Lipinski definition) is 2. The van der Waals surface area contributed by atoms with Crippen molar-refractivity contribution in [3.05, 3.63) is 68.3 Å². The average molecular weight is 542 g/mol. The van der Waals surface area contributed by atoms with Crippen molar-refractivity contribution in [2.75, 3.05) is 0 Å². The topological polar surface area (TPSA) is 41.1 Å². The van der Waals surface area contributed by atoms with Gasteiger partial charge in [0.1, 0.15) is 11.2 Å². The highest BCUT2D eigenvalue weighted by atomic mass is 127. The Bertz CT molecular complexity index is 839. The number of amides is 1. The van der Waals surface area contributed by atoms with Crippen LogP contribution in [0.15, 0.2) is 42.5 Å². The molecule has 2 aromatic rings. The molecular formula is C18H16Cl3IN2OS. The molecule has 0 spiro atoms. The van der Waals surface area contributed by atoms with Gasteiger partial charge in [0.15, 0.2) is 0 Å². The van der Waals surface area contributed by atoms with E-state index in [1.165, 1.54) is 0 Å². The molecule has 0 bridgehead atoms. The first-order valence-electron chi connectivity index (χ1n) is 7.60. The molecule has 3 nitrogen and oxygen atoms in total. The second-order valence-corrected chi connectivity index (χ2v) is 9.66. The summed E-state index contributed by atoms with van der Waals surface area (Å²) in [6.07, 6.45) is -0.997. The van der Waals surface area contributed by atoms with Gasteiger partial charge in [0.25, 0.3) is 5.91 Å². The molecule has 2 aromatic carbocycles. The van der Waals surface area contributed by atoms with E-state index in [0.717, 1.165) is 20.3 Å². The van der Waals surface area contributed by atoms with Gasteiger partial charge in [-0.3, -0.25) is 4.79 Å². The lowest BCUT2D eigenvalue weighted by molar-refractivity contribution is 0.0933. The van der Waals surface area contributed by atoms with Gasteiger partial charge in [0.2, 0.25) is 3.79 Å². The van der Waals surface area contributed by atoms with Gasteiger partial charge >= 0.3 is 0 Å². The Labute approximate surface area is 186 Å². The fourth-order valence-electron chi connectivity index (χ4n) is 2.24. The number of carbonyl (C=O) groups is 1. The third-order valence-corrected chi connectivity index (χ3v) is 5.57. The molecule has 0 aliphatic carbocycles. The van der Waals surface area contributed by atoms with Gasteiger partial charge in [0, 0.05) is 9.13 Å². The molecule has 1 atom stereocenters. The Morgan fingerprint density at radius 1 is 1.08 bits per heavy atom. The number of aryl methyl sites for hydroxylation is 2. The highest BCUT2D eigenvalue weighted by molar-refractivity contribution is 14.1. The summed E-state index contributed by atoms with van der Waals surface area (Å²) in [7, 11) is 0. The molecule has 138 valence electrons. The Morgan fingerprint density at radius 3 is 2.35 bits per heavy atom. The van der Waals surface area contributed by atoms with Crippen LogP contribution in [-0.2, 0) is 0 Å². The second-order valence-electron chi connectivity index (χ2n) is 5.72. The Balaban J connectivity index is 2.23. The highest BCUT2D eigenvalue weighted by Gasteiger charge is 2.35. The number of thiocarbonyl (C=S) groups is 1. The van der Waals surface area contributed by atoms with E-state index in [9.17, 15) is 4.79 Å². The monoisotopic (exact) mass is 540 g/mol. The van der Waals surface area contributed by atoms with E-state index in [-0.39, 0.29) is 5.91 Å². The van der Waals surface area contributed by atoms with Gasteiger partial charge in [-0.25, -0.2) is 0 Å². The minimum Gasteiger partial charge on any atom is -0.352 e. The maximum atomic E-state index is 12.6. The summed E-state index contributed by atoms with van der Waals surface area (Å²) in [6, 6.07) is 13.1. The Morgan fingerprint density at radius 2 is 1.73 bits per heavy atom. The van der Waals surface area contributed by atoms with E-state index >= 15 is 0 Å². The van der Waals surface area contributed by atoms with E-state index in [1.807, 2.05) is 44.2 Å². The molecule has 0 fully saturated rings. The van der Waals surface area contributed by atoms with Crippen LogP contribution < -0.4 is 10.6 Å². The minimum absolute atomic E-state index is 0.359. The maximum absolute atomic E-state index is 12.6. The summed E-state index contributed by atoms with van der Waals surface area (Å²) >= 11 is 25.7. The van der Waals surface area contributed by atoms with Gasteiger partial charge in [0.05, 0.1) is 5.56 Å². The van der Waals surface area contributed by atoms with E-state index in [0.29, 0.717) is 10.6 Å². The number of hydrogen-bond donors (Lipinski definition) is 2. The first kappa shape index (κ1) is 21.7. The third kappa shape index (κ3) is 5.70. The molecule has 0 radical (unpaired) electrons. The van der Waals surface area contributed by atoms with E-state index in [2.05, 4.69) is 33.2 Å². The van der Waals surface area contributed by atoms with Gasteiger partial charge < -0.3 is 10.6 Å². The zero-order valence-electron chi connectivity index (χ0n) is 13.9. The zero-order valence-corrected chi connectivity index (χ0v) is 19.2. The summed E-state index contributed by atoms with van der Waals surface area (Å²) in [4.78, 5) is 13.0. The molecule has 0 aliphatic heterocycles. The molecule has 26 heavy (non-hydrogen) atoms. The van der Waals surface area contributed by atoms with Crippen molar-refractivity contribution in [2.24, 2.45) is 0 Å². The molecule has 1 amide bonds. The summed E-state index contributed by atoms with van der Waals surface area (Å²) in [5.74, 6) is -0.359. The second kappa shape index (κ2) is 9.06. The van der Waals surface area contributed by atoms with Crippen molar-refractivity contribution >= 4 is 80.5 Å². The Kier molecular flexibility index (Phi) is 7.56. The van der Waals surface area contributed by atoms with Crippen LogP contribution in [0, 0.1) is 17.4 Å². The van der Waals surface area contributed by atoms with Crippen LogP contribution >= 0.6 is 69.6 Å². The summed E-state index contributed by atoms with van der Waals surface area (Å²) in [6.45, 7) is 3.91. The first-order valence-corrected chi connectivity index (χ1v) is 10.2. The maximum Gasteiger partial charge on any atom is 0.254 e. The molecule has 0 saturated carbocycles. The smallest absolute Gasteiger partial charge is 0.254 e. The van der Waals surface area contributed by atoms with E-state index in [1.54, 1.807) is 12.1 Å². The molecule has 8 heteroatoms. The number of benzene rings is 2. The highest BCUT2D eigenvalue weighted by Crippen LogP contribution is 2.30.